The molecule has 1 fully saturated rings. The van der Waals surface area contributed by atoms with Crippen molar-refractivity contribution in [1.29, 1.82) is 0 Å². The van der Waals surface area contributed by atoms with Gasteiger partial charge in [0.25, 0.3) is 5.69 Å². The normalized spacial score (nSPS) is 22.3. The zero-order chi connectivity index (χ0) is 46.4. The first-order chi connectivity index (χ1) is 30.3. The number of ketones is 3. The van der Waals surface area contributed by atoms with Crippen molar-refractivity contribution in [3.05, 3.63) is 115 Å². The van der Waals surface area contributed by atoms with Crippen LogP contribution < -0.4 is 19.5 Å². The number of rotatable bonds is 11. The predicted molar refractivity (Wildman–Crippen MR) is 217 cm³/mol. The molecule has 6 N–H and O–H groups in total. The third-order valence-electron chi connectivity index (χ3n) is 11.4. The first kappa shape index (κ1) is 45.1. The number of aliphatic hydroxyl groups is 3. The van der Waals surface area contributed by atoms with Gasteiger partial charge in [0.05, 0.1) is 47.0 Å². The van der Waals surface area contributed by atoms with Gasteiger partial charge in [-0.05, 0) is 67.8 Å². The summed E-state index contributed by atoms with van der Waals surface area (Å²) in [5.74, 6) is -4.10. The van der Waals surface area contributed by atoms with Crippen LogP contribution >= 0.6 is 0 Å². The van der Waals surface area contributed by atoms with Crippen molar-refractivity contribution in [2.24, 2.45) is 0 Å². The van der Waals surface area contributed by atoms with Crippen LogP contribution in [0.1, 0.15) is 85.5 Å². The number of ether oxygens (including phenoxy) is 6. The van der Waals surface area contributed by atoms with Crippen LogP contribution in [0.2, 0.25) is 0 Å². The number of nitro benzene ring substituents is 1. The molecule has 20 nitrogen and oxygen atoms in total. The molecule has 0 bridgehead atoms. The Hall–Kier alpha value is -6.97. The van der Waals surface area contributed by atoms with Crippen molar-refractivity contribution in [3.8, 4) is 28.7 Å². The number of non-ortho nitro benzene ring substituents is 1. The number of fused-ring (bicyclic) bond motifs is 3. The van der Waals surface area contributed by atoms with E-state index in [2.05, 4.69) is 5.32 Å². The van der Waals surface area contributed by atoms with Crippen molar-refractivity contribution in [2.75, 3.05) is 13.7 Å². The van der Waals surface area contributed by atoms with Crippen molar-refractivity contribution >= 4 is 35.3 Å². The highest BCUT2D eigenvalue weighted by Gasteiger charge is 2.50. The fourth-order valence-electron chi connectivity index (χ4n) is 8.32. The molecule has 3 aliphatic rings. The largest absolute Gasteiger partial charge is 0.519 e. The third kappa shape index (κ3) is 8.43. The summed E-state index contributed by atoms with van der Waals surface area (Å²) in [6, 6.07) is 11.2. The molecule has 4 aromatic rings. The molecular weight excluding hydrogens is 844 g/mol. The Bertz CT molecular complexity index is 2570. The molecule has 2 aliphatic carbocycles. The van der Waals surface area contributed by atoms with Gasteiger partial charge in [0.1, 0.15) is 53.7 Å². The zero-order valence-corrected chi connectivity index (χ0v) is 34.6. The standard InChI is InChI=1S/C44H42N2O18/c1-19-12-22(13-20(2)41(19)64-43(55)62-24-10-8-23(9-11-24)46(57)58)18-60-42(54)45-27-14-31(61-21(3)36(27)49)63-29-16-44(56,30(48)17-47)15-26-33(29)40(53)35-34(38(26)51)37(50)25-6-5-7-28(59-4)32(25)39(35)52/h5-13,21,27,29,31,36,47,49,51,53,56H,14-18H2,1-4H3,(H,45,54)/t21-,27-,29-,31-,36+,44-/m0/s1. The number of benzene rings is 4. The van der Waals surface area contributed by atoms with Crippen LogP contribution in [0.25, 0.3) is 0 Å². The van der Waals surface area contributed by atoms with E-state index in [0.29, 0.717) is 16.7 Å². The maximum atomic E-state index is 14.0. The summed E-state index contributed by atoms with van der Waals surface area (Å²) in [4.78, 5) is 76.7. The number of carbonyl (C=O) groups is 5. The Balaban J connectivity index is 1.06. The van der Waals surface area contributed by atoms with Crippen LogP contribution in [-0.4, -0.2) is 104 Å². The van der Waals surface area contributed by atoms with E-state index in [4.69, 9.17) is 28.4 Å². The van der Waals surface area contributed by atoms with Crippen LogP contribution in [0.5, 0.6) is 28.7 Å². The van der Waals surface area contributed by atoms with Gasteiger partial charge in [0.2, 0.25) is 5.78 Å². The summed E-state index contributed by atoms with van der Waals surface area (Å²) in [6.45, 7) is 3.37. The number of nitrogens with zero attached hydrogens (tertiary/aromatic N) is 1. The molecule has 0 saturated carbocycles. The molecule has 336 valence electrons. The Morgan fingerprint density at radius 2 is 1.64 bits per heavy atom. The molecular formula is C44H42N2O18. The zero-order valence-electron chi connectivity index (χ0n) is 34.6. The molecule has 6 atom stereocenters. The van der Waals surface area contributed by atoms with Gasteiger partial charge < -0.3 is 59.3 Å². The number of nitro groups is 1. The number of aryl methyl sites for hydroxylation is 2. The number of aromatic hydroxyl groups is 2. The minimum Gasteiger partial charge on any atom is -0.507 e. The van der Waals surface area contributed by atoms with Gasteiger partial charge in [-0.25, -0.2) is 9.59 Å². The first-order valence-corrected chi connectivity index (χ1v) is 19.8. The van der Waals surface area contributed by atoms with E-state index in [1.807, 2.05) is 0 Å². The summed E-state index contributed by atoms with van der Waals surface area (Å²) >= 11 is 0. The SMILES string of the molecule is COc1cccc2c1C(=O)c1c(O)c3c(c(O)c1C2=O)C[C@@](O)(C(=O)CO)C[C@@H]3O[C@H]1C[C@H](NC(=O)OCc2cc(C)c(OC(=O)Oc3ccc([N+](=O)[O-])cc3)c(C)c2)[C@H](O)[C@H](C)O1. The molecule has 64 heavy (non-hydrogen) atoms. The Kier molecular flexibility index (Phi) is 12.4. The highest BCUT2D eigenvalue weighted by atomic mass is 16.7. The predicted octanol–water partition coefficient (Wildman–Crippen LogP) is 4.07. The van der Waals surface area contributed by atoms with Crippen LogP contribution in [0.3, 0.4) is 0 Å². The van der Waals surface area contributed by atoms with Gasteiger partial charge in [-0.3, -0.25) is 24.5 Å². The summed E-state index contributed by atoms with van der Waals surface area (Å²) in [5, 5.41) is 69.3. The van der Waals surface area contributed by atoms with Crippen LogP contribution in [0.4, 0.5) is 15.3 Å². The number of phenols is 2. The van der Waals surface area contributed by atoms with Crippen molar-refractivity contribution < 1.29 is 82.8 Å². The number of aliphatic hydroxyl groups excluding tert-OH is 2. The van der Waals surface area contributed by atoms with E-state index < -0.39 is 113 Å². The number of phenolic OH excluding ortho intramolecular Hbond substituents is 2. The Morgan fingerprint density at radius 1 is 0.969 bits per heavy atom. The fourth-order valence-corrected chi connectivity index (χ4v) is 8.32. The van der Waals surface area contributed by atoms with Gasteiger partial charge in [0, 0.05) is 48.1 Å². The number of Topliss-reactive ketones (excluding diaryl/α,β-unsaturated/α-hetero) is 1. The van der Waals surface area contributed by atoms with Crippen molar-refractivity contribution in [3.63, 3.8) is 0 Å². The number of nitrogens with one attached hydrogen (secondary N) is 1. The van der Waals surface area contributed by atoms with Gasteiger partial charge >= 0.3 is 12.2 Å². The summed E-state index contributed by atoms with van der Waals surface area (Å²) in [7, 11) is 1.29. The maximum Gasteiger partial charge on any atom is 0.519 e. The van der Waals surface area contributed by atoms with Gasteiger partial charge in [0.15, 0.2) is 17.9 Å². The molecule has 0 aromatic heterocycles. The van der Waals surface area contributed by atoms with Gasteiger partial charge in [-0.2, -0.15) is 0 Å². The molecule has 1 saturated heterocycles. The second-order valence-electron chi connectivity index (χ2n) is 15.6. The highest BCUT2D eigenvalue weighted by Crippen LogP contribution is 2.52. The first-order valence-electron chi connectivity index (χ1n) is 19.8. The maximum absolute atomic E-state index is 14.0. The summed E-state index contributed by atoms with van der Waals surface area (Å²) in [5.41, 5.74) is -3.06. The molecule has 4 aromatic carbocycles. The smallest absolute Gasteiger partial charge is 0.507 e. The highest BCUT2D eigenvalue weighted by molar-refractivity contribution is 6.31. The van der Waals surface area contributed by atoms with Crippen molar-refractivity contribution in [2.45, 2.75) is 82.9 Å². The molecule has 0 spiro atoms. The molecule has 0 radical (unpaired) electrons. The summed E-state index contributed by atoms with van der Waals surface area (Å²) in [6.07, 6.45) is -8.81. The number of alkyl carbamates (subject to hydrolysis) is 1. The van der Waals surface area contributed by atoms with E-state index in [9.17, 15) is 59.6 Å². The number of hydrogen-bond acceptors (Lipinski definition) is 18. The Labute approximate surface area is 363 Å². The average molecular weight is 887 g/mol. The third-order valence-corrected chi connectivity index (χ3v) is 11.4. The van der Waals surface area contributed by atoms with Crippen LogP contribution in [0.15, 0.2) is 54.6 Å². The minimum absolute atomic E-state index is 0.0209. The van der Waals surface area contributed by atoms with Gasteiger partial charge in [-0.15, -0.1) is 0 Å². The lowest BCUT2D eigenvalue weighted by Gasteiger charge is -2.42. The Morgan fingerprint density at radius 3 is 2.28 bits per heavy atom. The number of carbonyl (C=O) groups excluding carboxylic acids is 5. The van der Waals surface area contributed by atoms with E-state index in [-0.39, 0.29) is 58.2 Å². The van der Waals surface area contributed by atoms with Crippen LogP contribution in [-0.2, 0) is 32.0 Å². The van der Waals surface area contributed by atoms with E-state index >= 15 is 0 Å². The molecule has 1 amide bonds. The summed E-state index contributed by atoms with van der Waals surface area (Å²) < 4.78 is 33.4. The fraction of sp³-hybridized carbons (Fsp3) is 0.341. The lowest BCUT2D eigenvalue weighted by molar-refractivity contribution is -0.384. The minimum atomic E-state index is -2.39. The molecule has 7 rings (SSSR count). The number of hydrogen-bond donors (Lipinski definition) is 6. The van der Waals surface area contributed by atoms with Crippen molar-refractivity contribution in [1.82, 2.24) is 5.32 Å². The molecule has 1 heterocycles. The van der Waals surface area contributed by atoms with E-state index in [0.717, 1.165) is 0 Å². The second kappa shape index (κ2) is 17.7. The monoisotopic (exact) mass is 886 g/mol. The lowest BCUT2D eigenvalue weighted by atomic mass is 9.72. The topological polar surface area (TPSA) is 297 Å². The second-order valence-corrected chi connectivity index (χ2v) is 15.6. The number of amides is 1. The number of methoxy groups -OCH3 is 1. The van der Waals surface area contributed by atoms with E-state index in [1.165, 1.54) is 56.5 Å². The van der Waals surface area contributed by atoms with E-state index in [1.54, 1.807) is 26.0 Å². The lowest BCUT2D eigenvalue weighted by Crippen LogP contribution is -2.56. The average Bonchev–Trinajstić information content (AvgIpc) is 3.25. The van der Waals surface area contributed by atoms with Crippen LogP contribution in [0, 0.1) is 24.0 Å². The molecule has 0 unspecified atom stereocenters. The molecule has 20 heteroatoms. The molecule has 1 aliphatic heterocycles. The quantitative estimate of drug-likeness (QED) is 0.0358. The van der Waals surface area contributed by atoms with Gasteiger partial charge in [-0.1, -0.05) is 12.1 Å².